The van der Waals surface area contributed by atoms with Crippen molar-refractivity contribution in [2.75, 3.05) is 18.0 Å². The lowest BCUT2D eigenvalue weighted by Crippen LogP contribution is -2.27. The van der Waals surface area contributed by atoms with Gasteiger partial charge in [0.1, 0.15) is 0 Å². The zero-order valence-electron chi connectivity index (χ0n) is 13.6. The lowest BCUT2D eigenvalue weighted by atomic mass is 10.1. The van der Waals surface area contributed by atoms with Gasteiger partial charge in [0.25, 0.3) is 0 Å². The second kappa shape index (κ2) is 7.00. The fraction of sp³-hybridized carbons (Fsp3) is 0.278. The molecule has 0 aromatic heterocycles. The number of nitrogens with one attached hydrogen (secondary N) is 1. The Morgan fingerprint density at radius 3 is 2.56 bits per heavy atom. The van der Waals surface area contributed by atoms with Gasteiger partial charge in [-0.3, -0.25) is 4.79 Å². The maximum Gasteiger partial charge on any atom is 0.416 e. The molecule has 1 aliphatic rings. The monoisotopic (exact) mass is 366 g/mol. The average molecular weight is 366 g/mol. The molecule has 25 heavy (non-hydrogen) atoms. The maximum absolute atomic E-state index is 13.1. The molecule has 1 N–H and O–H groups in total. The SMILES string of the molecule is CC(=O)NCCCN1c2ccccc2Sc2ccc(C(F)(F)F)cc21. The minimum atomic E-state index is -4.38. The summed E-state index contributed by atoms with van der Waals surface area (Å²) in [6.07, 6.45) is -3.74. The second-order valence-corrected chi connectivity index (χ2v) is 6.82. The van der Waals surface area contributed by atoms with Crippen molar-refractivity contribution < 1.29 is 18.0 Å². The fourth-order valence-corrected chi connectivity index (χ4v) is 3.82. The number of alkyl halides is 3. The molecule has 2 aromatic carbocycles. The van der Waals surface area contributed by atoms with E-state index in [9.17, 15) is 18.0 Å². The van der Waals surface area contributed by atoms with Crippen LogP contribution in [0.25, 0.3) is 0 Å². The molecule has 1 amide bonds. The van der Waals surface area contributed by atoms with Crippen molar-refractivity contribution in [2.24, 2.45) is 0 Å². The molecular weight excluding hydrogens is 349 g/mol. The molecule has 0 atom stereocenters. The van der Waals surface area contributed by atoms with Gasteiger partial charge in [-0.05, 0) is 36.8 Å². The summed E-state index contributed by atoms with van der Waals surface area (Å²) in [5.41, 5.74) is 0.793. The number of hydrogen-bond acceptors (Lipinski definition) is 3. The van der Waals surface area contributed by atoms with Crippen molar-refractivity contribution in [1.82, 2.24) is 5.32 Å². The molecule has 2 aromatic rings. The van der Waals surface area contributed by atoms with E-state index in [0.29, 0.717) is 25.2 Å². The molecule has 0 bridgehead atoms. The summed E-state index contributed by atoms with van der Waals surface area (Å²) in [6.45, 7) is 2.44. The van der Waals surface area contributed by atoms with Crippen LogP contribution < -0.4 is 10.2 Å². The van der Waals surface area contributed by atoms with Gasteiger partial charge in [0.05, 0.1) is 16.9 Å². The Bertz CT molecular complexity index is 792. The summed E-state index contributed by atoms with van der Waals surface area (Å²) in [6, 6.07) is 11.5. The van der Waals surface area contributed by atoms with Gasteiger partial charge < -0.3 is 10.2 Å². The largest absolute Gasteiger partial charge is 0.416 e. The highest BCUT2D eigenvalue weighted by atomic mass is 32.2. The summed E-state index contributed by atoms with van der Waals surface area (Å²) in [4.78, 5) is 14.7. The van der Waals surface area contributed by atoms with Crippen LogP contribution in [0, 0.1) is 0 Å². The Labute approximate surface area is 148 Å². The van der Waals surface area contributed by atoms with Crippen LogP contribution in [-0.4, -0.2) is 19.0 Å². The number of halogens is 3. The van der Waals surface area contributed by atoms with Gasteiger partial charge in [0.15, 0.2) is 0 Å². The number of hydrogen-bond donors (Lipinski definition) is 1. The van der Waals surface area contributed by atoms with Crippen LogP contribution >= 0.6 is 11.8 Å². The molecule has 0 aliphatic carbocycles. The quantitative estimate of drug-likeness (QED) is 0.787. The van der Waals surface area contributed by atoms with E-state index in [1.165, 1.54) is 30.8 Å². The Balaban J connectivity index is 1.93. The number of amides is 1. The molecule has 1 aliphatic heterocycles. The molecule has 0 spiro atoms. The number of anilines is 2. The Morgan fingerprint density at radius 1 is 1.12 bits per heavy atom. The normalized spacial score (nSPS) is 13.2. The molecule has 3 rings (SSSR count). The third kappa shape index (κ3) is 3.92. The van der Waals surface area contributed by atoms with Crippen LogP contribution in [0.2, 0.25) is 0 Å². The van der Waals surface area contributed by atoms with Crippen molar-refractivity contribution in [1.29, 1.82) is 0 Å². The predicted octanol–water partition coefficient (Wildman–Crippen LogP) is 4.83. The molecule has 3 nitrogen and oxygen atoms in total. The number of carbonyl (C=O) groups is 1. The third-order valence-corrected chi connectivity index (χ3v) is 5.02. The summed E-state index contributed by atoms with van der Waals surface area (Å²) in [7, 11) is 0. The Hall–Kier alpha value is -2.15. The van der Waals surface area contributed by atoms with Gasteiger partial charge in [-0.1, -0.05) is 23.9 Å². The number of para-hydroxylation sites is 1. The number of carbonyl (C=O) groups excluding carboxylic acids is 1. The molecule has 1 heterocycles. The second-order valence-electron chi connectivity index (χ2n) is 5.74. The average Bonchev–Trinajstić information content (AvgIpc) is 2.56. The number of nitrogens with zero attached hydrogens (tertiary/aromatic N) is 1. The molecule has 0 saturated carbocycles. The van der Waals surface area contributed by atoms with Crippen LogP contribution in [0.4, 0.5) is 24.5 Å². The first kappa shape index (κ1) is 17.7. The molecule has 0 unspecified atom stereocenters. The van der Waals surface area contributed by atoms with Gasteiger partial charge in [-0.25, -0.2) is 0 Å². The zero-order chi connectivity index (χ0) is 18.0. The Morgan fingerprint density at radius 2 is 1.84 bits per heavy atom. The van der Waals surface area contributed by atoms with E-state index < -0.39 is 11.7 Å². The molecule has 0 saturated heterocycles. The van der Waals surface area contributed by atoms with Crippen LogP contribution in [-0.2, 0) is 11.0 Å². The third-order valence-electron chi connectivity index (χ3n) is 3.89. The van der Waals surface area contributed by atoms with Gasteiger partial charge in [-0.2, -0.15) is 13.2 Å². The van der Waals surface area contributed by atoms with E-state index in [4.69, 9.17) is 0 Å². The van der Waals surface area contributed by atoms with E-state index in [1.54, 1.807) is 0 Å². The Kier molecular flexibility index (Phi) is 4.94. The van der Waals surface area contributed by atoms with E-state index >= 15 is 0 Å². The lowest BCUT2D eigenvalue weighted by molar-refractivity contribution is -0.137. The van der Waals surface area contributed by atoms with E-state index in [-0.39, 0.29) is 5.91 Å². The lowest BCUT2D eigenvalue weighted by Gasteiger charge is -2.33. The van der Waals surface area contributed by atoms with Crippen molar-refractivity contribution in [3.05, 3.63) is 48.0 Å². The van der Waals surface area contributed by atoms with E-state index in [0.717, 1.165) is 21.5 Å². The number of rotatable bonds is 4. The van der Waals surface area contributed by atoms with Crippen molar-refractivity contribution in [3.8, 4) is 0 Å². The minimum Gasteiger partial charge on any atom is -0.356 e. The fourth-order valence-electron chi connectivity index (χ4n) is 2.75. The van der Waals surface area contributed by atoms with Crippen molar-refractivity contribution in [3.63, 3.8) is 0 Å². The standard InChI is InChI=1S/C18H17F3N2OS/c1-12(24)22-9-4-10-23-14-5-2-3-6-16(14)25-17-8-7-13(11-15(17)23)18(19,20)21/h2-3,5-8,11H,4,9-10H2,1H3,(H,22,24). The molecule has 7 heteroatoms. The predicted molar refractivity (Wildman–Crippen MR) is 92.3 cm³/mol. The highest BCUT2D eigenvalue weighted by Gasteiger charge is 2.33. The van der Waals surface area contributed by atoms with Crippen LogP contribution in [0.15, 0.2) is 52.3 Å². The smallest absolute Gasteiger partial charge is 0.356 e. The van der Waals surface area contributed by atoms with Gasteiger partial charge in [-0.15, -0.1) is 0 Å². The van der Waals surface area contributed by atoms with E-state index in [1.807, 2.05) is 29.2 Å². The molecule has 132 valence electrons. The minimum absolute atomic E-state index is 0.116. The molecular formula is C18H17F3N2OS. The summed E-state index contributed by atoms with van der Waals surface area (Å²) >= 11 is 1.47. The maximum atomic E-state index is 13.1. The van der Waals surface area contributed by atoms with Gasteiger partial charge in [0, 0.05) is 29.8 Å². The highest BCUT2D eigenvalue weighted by molar-refractivity contribution is 7.99. The first-order chi connectivity index (χ1) is 11.9. The molecule has 0 fully saturated rings. The number of fused-ring (bicyclic) bond motifs is 2. The number of benzene rings is 2. The highest BCUT2D eigenvalue weighted by Crippen LogP contribution is 2.49. The van der Waals surface area contributed by atoms with Gasteiger partial charge >= 0.3 is 6.18 Å². The summed E-state index contributed by atoms with van der Waals surface area (Å²) in [5.74, 6) is -0.116. The topological polar surface area (TPSA) is 32.3 Å². The van der Waals surface area contributed by atoms with E-state index in [2.05, 4.69) is 5.32 Å². The first-order valence-corrected chi connectivity index (χ1v) is 8.68. The van der Waals surface area contributed by atoms with Crippen LogP contribution in [0.1, 0.15) is 18.9 Å². The van der Waals surface area contributed by atoms with Crippen molar-refractivity contribution in [2.45, 2.75) is 29.3 Å². The zero-order valence-corrected chi connectivity index (χ0v) is 14.4. The molecule has 0 radical (unpaired) electrons. The summed E-state index contributed by atoms with van der Waals surface area (Å²) < 4.78 is 39.3. The summed E-state index contributed by atoms with van der Waals surface area (Å²) in [5, 5.41) is 2.72. The van der Waals surface area contributed by atoms with Crippen LogP contribution in [0.3, 0.4) is 0 Å². The van der Waals surface area contributed by atoms with Crippen molar-refractivity contribution >= 4 is 29.0 Å². The first-order valence-electron chi connectivity index (χ1n) is 7.86. The van der Waals surface area contributed by atoms with Crippen LogP contribution in [0.5, 0.6) is 0 Å². The van der Waals surface area contributed by atoms with Gasteiger partial charge in [0.2, 0.25) is 5.91 Å².